The van der Waals surface area contributed by atoms with Crippen LogP contribution in [0, 0.1) is 0 Å². The van der Waals surface area contributed by atoms with E-state index < -0.39 is 0 Å². The fraction of sp³-hybridized carbons (Fsp3) is 0.333. The van der Waals surface area contributed by atoms with E-state index in [1.807, 2.05) is 45.0 Å². The van der Waals surface area contributed by atoms with Crippen molar-refractivity contribution in [2.24, 2.45) is 0 Å². The van der Waals surface area contributed by atoms with Crippen molar-refractivity contribution in [2.75, 3.05) is 0 Å². The van der Waals surface area contributed by atoms with Crippen molar-refractivity contribution in [1.82, 2.24) is 10.1 Å². The summed E-state index contributed by atoms with van der Waals surface area (Å²) in [6.45, 7) is 6.12. The summed E-state index contributed by atoms with van der Waals surface area (Å²) in [7, 11) is 0. The minimum Gasteiger partial charge on any atom is -0.334 e. The number of nitrogens with zero attached hydrogens (tertiary/aromatic N) is 2. The first kappa shape index (κ1) is 11.1. The van der Waals surface area contributed by atoms with Gasteiger partial charge in [0.25, 0.3) is 5.89 Å². The molecule has 0 unspecified atom stereocenters. The van der Waals surface area contributed by atoms with Crippen LogP contribution in [0.2, 0.25) is 5.02 Å². The maximum Gasteiger partial charge on any atom is 0.257 e. The number of aromatic nitrogens is 2. The molecule has 2 aromatic rings. The zero-order chi connectivity index (χ0) is 11.8. The van der Waals surface area contributed by atoms with E-state index in [1.165, 1.54) is 0 Å². The highest BCUT2D eigenvalue weighted by Gasteiger charge is 2.21. The van der Waals surface area contributed by atoms with Gasteiger partial charge in [-0.15, -0.1) is 0 Å². The summed E-state index contributed by atoms with van der Waals surface area (Å²) in [5.74, 6) is 1.20. The molecule has 84 valence electrons. The van der Waals surface area contributed by atoms with Gasteiger partial charge < -0.3 is 4.52 Å². The zero-order valence-corrected chi connectivity index (χ0v) is 10.2. The number of hydrogen-bond acceptors (Lipinski definition) is 3. The lowest BCUT2D eigenvalue weighted by atomic mass is 9.96. The van der Waals surface area contributed by atoms with Crippen LogP contribution in [0.3, 0.4) is 0 Å². The number of rotatable bonds is 1. The van der Waals surface area contributed by atoms with Crippen molar-refractivity contribution in [2.45, 2.75) is 26.2 Å². The van der Waals surface area contributed by atoms with Crippen molar-refractivity contribution < 1.29 is 4.52 Å². The van der Waals surface area contributed by atoms with E-state index in [1.54, 1.807) is 0 Å². The molecule has 1 heterocycles. The maximum absolute atomic E-state index is 5.90. The first-order valence-electron chi connectivity index (χ1n) is 5.07. The van der Waals surface area contributed by atoms with Crippen molar-refractivity contribution in [3.8, 4) is 11.5 Å². The first-order chi connectivity index (χ1) is 7.47. The molecule has 0 amide bonds. The van der Waals surface area contributed by atoms with Crippen LogP contribution < -0.4 is 0 Å². The fourth-order valence-corrected chi connectivity index (χ4v) is 1.46. The summed E-state index contributed by atoms with van der Waals surface area (Å²) < 4.78 is 5.21. The van der Waals surface area contributed by atoms with Crippen LogP contribution in [0.5, 0.6) is 0 Å². The van der Waals surface area contributed by atoms with Crippen molar-refractivity contribution in [3.05, 3.63) is 35.1 Å². The van der Waals surface area contributed by atoms with Gasteiger partial charge in [0.05, 0.1) is 0 Å². The quantitative estimate of drug-likeness (QED) is 0.758. The number of halogens is 1. The summed E-state index contributed by atoms with van der Waals surface area (Å²) >= 11 is 5.90. The molecule has 0 radical (unpaired) electrons. The zero-order valence-electron chi connectivity index (χ0n) is 9.49. The maximum atomic E-state index is 5.90. The van der Waals surface area contributed by atoms with Crippen LogP contribution in [-0.4, -0.2) is 10.1 Å². The summed E-state index contributed by atoms with van der Waals surface area (Å²) in [6, 6.07) is 7.37. The van der Waals surface area contributed by atoms with Gasteiger partial charge in [0.2, 0.25) is 0 Å². The number of hydrogen-bond donors (Lipinski definition) is 0. The van der Waals surface area contributed by atoms with E-state index in [-0.39, 0.29) is 5.41 Å². The van der Waals surface area contributed by atoms with Crippen molar-refractivity contribution in [3.63, 3.8) is 0 Å². The van der Waals surface area contributed by atoms with Crippen LogP contribution in [0.25, 0.3) is 11.5 Å². The smallest absolute Gasteiger partial charge is 0.257 e. The molecule has 0 saturated carbocycles. The molecule has 16 heavy (non-hydrogen) atoms. The predicted octanol–water partition coefficient (Wildman–Crippen LogP) is 3.69. The molecule has 4 heteroatoms. The van der Waals surface area contributed by atoms with Gasteiger partial charge in [-0.05, 0) is 18.2 Å². The van der Waals surface area contributed by atoms with Crippen LogP contribution in [0.4, 0.5) is 0 Å². The molecule has 3 nitrogen and oxygen atoms in total. The lowest BCUT2D eigenvalue weighted by Crippen LogP contribution is -2.13. The predicted molar refractivity (Wildman–Crippen MR) is 63.4 cm³/mol. The van der Waals surface area contributed by atoms with Crippen LogP contribution in [-0.2, 0) is 5.41 Å². The highest BCUT2D eigenvalue weighted by atomic mass is 35.5. The Morgan fingerprint density at radius 3 is 2.56 bits per heavy atom. The van der Waals surface area contributed by atoms with Crippen molar-refractivity contribution in [1.29, 1.82) is 0 Å². The summed E-state index contributed by atoms with van der Waals surface area (Å²) in [5.41, 5.74) is 0.732. The van der Waals surface area contributed by atoms with E-state index in [0.717, 1.165) is 5.56 Å². The van der Waals surface area contributed by atoms with E-state index in [9.17, 15) is 0 Å². The van der Waals surface area contributed by atoms with Gasteiger partial charge in [0.15, 0.2) is 5.82 Å². The van der Waals surface area contributed by atoms with E-state index in [4.69, 9.17) is 16.1 Å². The Morgan fingerprint density at radius 1 is 1.25 bits per heavy atom. The Morgan fingerprint density at radius 2 is 2.00 bits per heavy atom. The lowest BCUT2D eigenvalue weighted by Gasteiger charge is -2.10. The Kier molecular flexibility index (Phi) is 2.72. The third-order valence-corrected chi connectivity index (χ3v) is 2.40. The minimum absolute atomic E-state index is 0.111. The molecule has 0 saturated heterocycles. The molecule has 1 aromatic heterocycles. The van der Waals surface area contributed by atoms with Gasteiger partial charge in [-0.1, -0.05) is 43.6 Å². The largest absolute Gasteiger partial charge is 0.334 e. The molecule has 1 aromatic carbocycles. The normalized spacial score (nSPS) is 11.8. The van der Waals surface area contributed by atoms with Crippen LogP contribution >= 0.6 is 11.6 Å². The van der Waals surface area contributed by atoms with E-state index in [0.29, 0.717) is 16.7 Å². The summed E-state index contributed by atoms with van der Waals surface area (Å²) in [5, 5.41) is 4.62. The lowest BCUT2D eigenvalue weighted by molar-refractivity contribution is 0.402. The molecular formula is C12H13ClN2O. The van der Waals surface area contributed by atoms with Gasteiger partial charge in [-0.25, -0.2) is 0 Å². The average Bonchev–Trinajstić information content (AvgIpc) is 2.65. The summed E-state index contributed by atoms with van der Waals surface area (Å²) in [6.07, 6.45) is 0. The molecule has 0 N–H and O–H groups in total. The molecule has 0 spiro atoms. The van der Waals surface area contributed by atoms with Crippen molar-refractivity contribution >= 4 is 11.6 Å². The Balaban J connectivity index is 2.39. The Hall–Kier alpha value is -1.35. The Labute approximate surface area is 99.4 Å². The minimum atomic E-state index is -0.111. The molecule has 0 fully saturated rings. The first-order valence-corrected chi connectivity index (χ1v) is 5.45. The third-order valence-electron chi connectivity index (χ3n) is 2.17. The fourth-order valence-electron chi connectivity index (χ4n) is 1.27. The third kappa shape index (κ3) is 2.25. The Bertz CT molecular complexity index is 500. The highest BCUT2D eigenvalue weighted by Crippen LogP contribution is 2.24. The van der Waals surface area contributed by atoms with Gasteiger partial charge in [0, 0.05) is 16.0 Å². The molecule has 2 rings (SSSR count). The molecule has 0 atom stereocenters. The second kappa shape index (κ2) is 3.91. The van der Waals surface area contributed by atoms with Crippen LogP contribution in [0.15, 0.2) is 28.8 Å². The molecule has 0 aliphatic carbocycles. The van der Waals surface area contributed by atoms with Gasteiger partial charge in [-0.3, -0.25) is 0 Å². The molecular weight excluding hydrogens is 224 g/mol. The van der Waals surface area contributed by atoms with Gasteiger partial charge in [0.1, 0.15) is 0 Å². The van der Waals surface area contributed by atoms with Gasteiger partial charge >= 0.3 is 0 Å². The number of benzene rings is 1. The highest BCUT2D eigenvalue weighted by molar-refractivity contribution is 6.30. The molecule has 0 aliphatic rings. The monoisotopic (exact) mass is 236 g/mol. The van der Waals surface area contributed by atoms with E-state index >= 15 is 0 Å². The molecule has 0 bridgehead atoms. The summed E-state index contributed by atoms with van der Waals surface area (Å²) in [4.78, 5) is 4.36. The SMILES string of the molecule is CC(C)(C)c1noc(-c2cccc(Cl)c2)n1. The van der Waals surface area contributed by atoms with E-state index in [2.05, 4.69) is 10.1 Å². The molecule has 0 aliphatic heterocycles. The average molecular weight is 237 g/mol. The second-order valence-corrected chi connectivity index (χ2v) is 5.12. The second-order valence-electron chi connectivity index (χ2n) is 4.68. The topological polar surface area (TPSA) is 38.9 Å². The van der Waals surface area contributed by atoms with Crippen LogP contribution in [0.1, 0.15) is 26.6 Å². The van der Waals surface area contributed by atoms with Gasteiger partial charge in [-0.2, -0.15) is 4.98 Å². The standard InChI is InChI=1S/C12H13ClN2O/c1-12(2,3)11-14-10(16-15-11)8-5-4-6-9(13)7-8/h4-7H,1-3H3.